The first-order valence-electron chi connectivity index (χ1n) is 8.96. The third-order valence-corrected chi connectivity index (χ3v) is 7.67. The number of sulfonamides is 1. The first kappa shape index (κ1) is 20.0. The van der Waals surface area contributed by atoms with Crippen LogP contribution in [0.15, 0.2) is 46.5 Å². The number of benzene rings is 1. The van der Waals surface area contributed by atoms with Crippen molar-refractivity contribution in [3.8, 4) is 5.75 Å². The Labute approximate surface area is 165 Å². The molecule has 0 bridgehead atoms. The van der Waals surface area contributed by atoms with Gasteiger partial charge in [0.1, 0.15) is 10.6 Å². The van der Waals surface area contributed by atoms with E-state index in [1.165, 1.54) is 22.1 Å². The number of anilines is 2. The minimum absolute atomic E-state index is 0.0173. The molecule has 0 radical (unpaired) electrons. The van der Waals surface area contributed by atoms with Gasteiger partial charge >= 0.3 is 0 Å². The molecule has 0 saturated heterocycles. The maximum absolute atomic E-state index is 13.3. The van der Waals surface area contributed by atoms with Gasteiger partial charge in [0, 0.05) is 31.9 Å². The number of aromatic hydroxyl groups is 1. The Morgan fingerprint density at radius 2 is 2.15 bits per heavy atom. The predicted molar refractivity (Wildman–Crippen MR) is 109 cm³/mol. The molecule has 27 heavy (non-hydrogen) atoms. The monoisotopic (exact) mass is 407 g/mol. The van der Waals surface area contributed by atoms with Gasteiger partial charge in [-0.15, -0.1) is 11.8 Å². The van der Waals surface area contributed by atoms with Crippen molar-refractivity contribution in [1.82, 2.24) is 9.29 Å². The van der Waals surface area contributed by atoms with Gasteiger partial charge in [-0.3, -0.25) is 4.98 Å². The van der Waals surface area contributed by atoms with Crippen molar-refractivity contribution in [1.29, 1.82) is 0 Å². The van der Waals surface area contributed by atoms with Crippen LogP contribution < -0.4 is 4.90 Å². The van der Waals surface area contributed by atoms with Gasteiger partial charge in [-0.25, -0.2) is 8.42 Å². The number of thioether (sulfide) groups is 1. The maximum Gasteiger partial charge on any atom is 0.245 e. The largest absolute Gasteiger partial charge is 0.507 e. The number of rotatable bonds is 5. The lowest BCUT2D eigenvalue weighted by Crippen LogP contribution is -2.40. The molecule has 0 fully saturated rings. The Balaban J connectivity index is 2.23. The summed E-state index contributed by atoms with van der Waals surface area (Å²) < 4.78 is 28.0. The van der Waals surface area contributed by atoms with Gasteiger partial charge in [-0.1, -0.05) is 19.8 Å². The van der Waals surface area contributed by atoms with Gasteiger partial charge < -0.3 is 10.0 Å². The van der Waals surface area contributed by atoms with E-state index in [0.717, 1.165) is 24.9 Å². The number of phenolic OH excluding ortho intramolecular Hbond substituents is 1. The number of pyridine rings is 1. The fraction of sp³-hybridized carbons (Fsp3) is 0.421. The maximum atomic E-state index is 13.3. The fourth-order valence-electron chi connectivity index (χ4n) is 3.37. The molecule has 1 unspecified atom stereocenters. The molecule has 1 aromatic heterocycles. The highest BCUT2D eigenvalue weighted by Crippen LogP contribution is 2.42. The number of unbranched alkanes of at least 4 members (excludes halogenated alkanes) is 1. The topological polar surface area (TPSA) is 73.7 Å². The predicted octanol–water partition coefficient (Wildman–Crippen LogP) is 3.84. The molecule has 0 spiro atoms. The Bertz CT molecular complexity index is 904. The van der Waals surface area contributed by atoms with Crippen LogP contribution in [0.3, 0.4) is 0 Å². The number of aromatic nitrogens is 1. The highest BCUT2D eigenvalue weighted by atomic mass is 32.2. The number of phenols is 1. The molecule has 8 heteroatoms. The summed E-state index contributed by atoms with van der Waals surface area (Å²) in [5.74, 6) is -0.0173. The van der Waals surface area contributed by atoms with Gasteiger partial charge in [0.15, 0.2) is 0 Å². The van der Waals surface area contributed by atoms with Crippen molar-refractivity contribution in [2.75, 3.05) is 24.7 Å². The summed E-state index contributed by atoms with van der Waals surface area (Å²) in [7, 11) is -2.09. The Hall–Kier alpha value is -1.77. The van der Waals surface area contributed by atoms with Crippen LogP contribution in [0.25, 0.3) is 0 Å². The van der Waals surface area contributed by atoms with E-state index in [4.69, 9.17) is 0 Å². The second-order valence-electron chi connectivity index (χ2n) is 6.63. The molecule has 2 aromatic rings. The van der Waals surface area contributed by atoms with E-state index in [1.807, 2.05) is 23.3 Å². The summed E-state index contributed by atoms with van der Waals surface area (Å²) in [6, 6.07) is 6.74. The molecule has 2 heterocycles. The van der Waals surface area contributed by atoms with E-state index in [0.29, 0.717) is 17.1 Å². The van der Waals surface area contributed by atoms with Crippen molar-refractivity contribution in [2.24, 2.45) is 0 Å². The zero-order valence-corrected chi connectivity index (χ0v) is 17.4. The Kier molecular flexibility index (Phi) is 5.98. The van der Waals surface area contributed by atoms with Crippen LogP contribution >= 0.6 is 11.8 Å². The second-order valence-corrected chi connectivity index (χ2v) is 9.44. The fourth-order valence-corrected chi connectivity index (χ4v) is 5.43. The molecule has 6 nitrogen and oxygen atoms in total. The van der Waals surface area contributed by atoms with Crippen LogP contribution in [-0.4, -0.2) is 48.7 Å². The van der Waals surface area contributed by atoms with E-state index < -0.39 is 10.0 Å². The average molecular weight is 408 g/mol. The molecule has 0 amide bonds. The summed E-state index contributed by atoms with van der Waals surface area (Å²) in [6.45, 7) is 2.63. The minimum Gasteiger partial charge on any atom is -0.507 e. The normalized spacial score (nSPS) is 19.5. The molecule has 1 aromatic carbocycles. The van der Waals surface area contributed by atoms with Crippen molar-refractivity contribution >= 4 is 33.2 Å². The summed E-state index contributed by atoms with van der Waals surface area (Å²) in [5, 5.41) is 10.3. The summed E-state index contributed by atoms with van der Waals surface area (Å²) >= 11 is 1.39. The van der Waals surface area contributed by atoms with Gasteiger partial charge in [-0.2, -0.15) is 4.31 Å². The van der Waals surface area contributed by atoms with E-state index in [1.54, 1.807) is 25.5 Å². The molecule has 1 N–H and O–H groups in total. The van der Waals surface area contributed by atoms with Crippen LogP contribution in [0.1, 0.15) is 26.2 Å². The zero-order chi connectivity index (χ0) is 19.6. The van der Waals surface area contributed by atoms with Gasteiger partial charge in [0.05, 0.1) is 22.5 Å². The minimum atomic E-state index is -3.72. The number of hydrogen-bond acceptors (Lipinski definition) is 6. The Morgan fingerprint density at radius 3 is 2.78 bits per heavy atom. The third-order valence-electron chi connectivity index (χ3n) is 4.96. The molecule has 146 valence electrons. The summed E-state index contributed by atoms with van der Waals surface area (Å²) in [5.41, 5.74) is 1.42. The average Bonchev–Trinajstić information content (AvgIpc) is 2.75. The molecule has 0 saturated carbocycles. The van der Waals surface area contributed by atoms with Crippen LogP contribution in [0.2, 0.25) is 0 Å². The quantitative estimate of drug-likeness (QED) is 0.759. The van der Waals surface area contributed by atoms with Crippen molar-refractivity contribution in [2.45, 2.75) is 42.0 Å². The second kappa shape index (κ2) is 8.08. The number of likely N-dealkylation sites (N-methyl/N-ethyl adjacent to an activating group) is 1. The molecule has 1 aliphatic rings. The lowest BCUT2D eigenvalue weighted by atomic mass is 10.1. The molecule has 1 aliphatic heterocycles. The molecule has 0 aliphatic carbocycles. The van der Waals surface area contributed by atoms with Crippen molar-refractivity contribution in [3.63, 3.8) is 0 Å². The third kappa shape index (κ3) is 3.79. The van der Waals surface area contributed by atoms with E-state index in [2.05, 4.69) is 11.9 Å². The molecule has 3 rings (SSSR count). The summed E-state index contributed by atoms with van der Waals surface area (Å²) in [6.07, 6.45) is 8.02. The highest BCUT2D eigenvalue weighted by molar-refractivity contribution is 7.98. The van der Waals surface area contributed by atoms with Crippen molar-refractivity contribution < 1.29 is 13.5 Å². The van der Waals surface area contributed by atoms with Crippen molar-refractivity contribution in [3.05, 3.63) is 36.7 Å². The van der Waals surface area contributed by atoms with Gasteiger partial charge in [0.2, 0.25) is 10.0 Å². The molecular weight excluding hydrogens is 382 g/mol. The lowest BCUT2D eigenvalue weighted by Gasteiger charge is -2.29. The molecule has 1 atom stereocenters. The number of nitrogens with zero attached hydrogens (tertiary/aromatic N) is 3. The van der Waals surface area contributed by atoms with Gasteiger partial charge in [-0.05, 0) is 30.9 Å². The number of hydrogen-bond donors (Lipinski definition) is 1. The SMILES string of the molecule is CCCCC1CN(c2cccnc2)c2cc(SC)c(O)cc2S(=O)(=O)N1C. The van der Waals surface area contributed by atoms with E-state index >= 15 is 0 Å². The zero-order valence-electron chi connectivity index (χ0n) is 15.8. The standard InChI is InChI=1S/C19H25N3O3S2/c1-4-5-7-15-13-22(14-8-6-9-20-12-14)16-10-18(26-3)17(23)11-19(16)27(24,25)21(15)2/h6,8-12,15,23H,4-5,7,13H2,1-3H3. The Morgan fingerprint density at radius 1 is 1.37 bits per heavy atom. The van der Waals surface area contributed by atoms with Crippen LogP contribution in [0.4, 0.5) is 11.4 Å². The lowest BCUT2D eigenvalue weighted by molar-refractivity contribution is 0.351. The first-order valence-corrected chi connectivity index (χ1v) is 11.6. The number of fused-ring (bicyclic) bond motifs is 1. The van der Waals surface area contributed by atoms with Gasteiger partial charge in [0.25, 0.3) is 0 Å². The smallest absolute Gasteiger partial charge is 0.245 e. The molecular formula is C19H25N3O3S2. The van der Waals surface area contributed by atoms with Crippen LogP contribution in [0, 0.1) is 0 Å². The van der Waals surface area contributed by atoms with E-state index in [-0.39, 0.29) is 16.7 Å². The first-order chi connectivity index (χ1) is 12.9. The highest BCUT2D eigenvalue weighted by Gasteiger charge is 2.37. The van der Waals surface area contributed by atoms with Crippen LogP contribution in [0.5, 0.6) is 5.75 Å². The van der Waals surface area contributed by atoms with Crippen LogP contribution in [-0.2, 0) is 10.0 Å². The summed E-state index contributed by atoms with van der Waals surface area (Å²) in [4.78, 5) is 6.98. The van der Waals surface area contributed by atoms with E-state index in [9.17, 15) is 13.5 Å².